The molecule has 0 radical (unpaired) electrons. The summed E-state index contributed by atoms with van der Waals surface area (Å²) in [7, 11) is 0. The van der Waals surface area contributed by atoms with Gasteiger partial charge < -0.3 is 5.32 Å². The van der Waals surface area contributed by atoms with E-state index in [0.717, 1.165) is 18.7 Å². The summed E-state index contributed by atoms with van der Waals surface area (Å²) in [5.74, 6) is 0. The van der Waals surface area contributed by atoms with Crippen LogP contribution in [-0.4, -0.2) is 6.54 Å². The van der Waals surface area contributed by atoms with Crippen molar-refractivity contribution in [2.24, 2.45) is 0 Å². The summed E-state index contributed by atoms with van der Waals surface area (Å²) in [5, 5.41) is 4.53. The van der Waals surface area contributed by atoms with Gasteiger partial charge in [0.1, 0.15) is 0 Å². The summed E-state index contributed by atoms with van der Waals surface area (Å²) in [6.07, 6.45) is 2.14. The van der Waals surface area contributed by atoms with Gasteiger partial charge in [-0.2, -0.15) is 0 Å². The number of rotatable bonds is 4. The molecule has 0 aliphatic heterocycles. The summed E-state index contributed by atoms with van der Waals surface area (Å²) in [4.78, 5) is 0. The van der Waals surface area contributed by atoms with Crippen molar-refractivity contribution in [2.45, 2.75) is 20.4 Å². The highest BCUT2D eigenvalue weighted by molar-refractivity contribution is 6.42. The van der Waals surface area contributed by atoms with E-state index in [4.69, 9.17) is 23.2 Å². The fourth-order valence-electron chi connectivity index (χ4n) is 1.17. The predicted molar refractivity (Wildman–Crippen MR) is 67.6 cm³/mol. The monoisotopic (exact) mass is 243 g/mol. The van der Waals surface area contributed by atoms with Crippen LogP contribution in [0, 0.1) is 0 Å². The molecule has 1 aromatic carbocycles. The lowest BCUT2D eigenvalue weighted by atomic mass is 10.2. The third kappa shape index (κ3) is 4.25. The fourth-order valence-corrected chi connectivity index (χ4v) is 1.56. The molecule has 0 fully saturated rings. The van der Waals surface area contributed by atoms with Gasteiger partial charge in [0.05, 0.1) is 10.0 Å². The minimum absolute atomic E-state index is 0.609. The lowest BCUT2D eigenvalue weighted by molar-refractivity contribution is 0.757. The van der Waals surface area contributed by atoms with Crippen molar-refractivity contribution in [1.29, 1.82) is 0 Å². The molecule has 0 spiro atoms. The van der Waals surface area contributed by atoms with Crippen LogP contribution in [0.4, 0.5) is 0 Å². The van der Waals surface area contributed by atoms with Gasteiger partial charge in [0.15, 0.2) is 0 Å². The van der Waals surface area contributed by atoms with Gasteiger partial charge in [-0.1, -0.05) is 47.0 Å². The van der Waals surface area contributed by atoms with E-state index in [0.29, 0.717) is 10.0 Å². The first kappa shape index (κ1) is 12.6. The largest absolute Gasteiger partial charge is 0.309 e. The molecule has 1 rings (SSSR count). The summed E-state index contributed by atoms with van der Waals surface area (Å²) in [6, 6.07) is 5.68. The third-order valence-corrected chi connectivity index (χ3v) is 2.86. The normalized spacial score (nSPS) is 10.1. The molecule has 1 aromatic rings. The van der Waals surface area contributed by atoms with Gasteiger partial charge in [0.25, 0.3) is 0 Å². The Morgan fingerprint density at radius 3 is 2.73 bits per heavy atom. The van der Waals surface area contributed by atoms with Gasteiger partial charge in [-0.25, -0.2) is 0 Å². The Hall–Kier alpha value is -0.500. The molecule has 15 heavy (non-hydrogen) atoms. The highest BCUT2D eigenvalue weighted by atomic mass is 35.5. The van der Waals surface area contributed by atoms with Crippen molar-refractivity contribution in [1.82, 2.24) is 5.32 Å². The molecule has 0 amide bonds. The molecule has 0 saturated carbocycles. The standard InChI is InChI=1S/C12H15Cl2N/c1-9(2)6-7-15-8-10-4-3-5-11(13)12(10)14/h3-6,15H,7-8H2,1-2H3. The van der Waals surface area contributed by atoms with Gasteiger partial charge in [-0.15, -0.1) is 0 Å². The van der Waals surface area contributed by atoms with Gasteiger partial charge in [0, 0.05) is 13.1 Å². The van der Waals surface area contributed by atoms with Gasteiger partial charge in [-0.3, -0.25) is 0 Å². The first-order chi connectivity index (χ1) is 7.11. The Balaban J connectivity index is 2.51. The molecule has 3 heteroatoms. The Bertz CT molecular complexity index is 355. The van der Waals surface area contributed by atoms with Crippen molar-refractivity contribution < 1.29 is 0 Å². The zero-order chi connectivity index (χ0) is 11.3. The van der Waals surface area contributed by atoms with Crippen LogP contribution < -0.4 is 5.32 Å². The number of benzene rings is 1. The van der Waals surface area contributed by atoms with Crippen molar-refractivity contribution in [3.8, 4) is 0 Å². The van der Waals surface area contributed by atoms with E-state index in [1.54, 1.807) is 6.07 Å². The average Bonchev–Trinajstić information content (AvgIpc) is 2.18. The van der Waals surface area contributed by atoms with Gasteiger partial charge >= 0.3 is 0 Å². The molecule has 0 bridgehead atoms. The summed E-state index contributed by atoms with van der Waals surface area (Å²) in [5.41, 5.74) is 2.34. The second-order valence-corrected chi connectivity index (χ2v) is 4.41. The molecule has 1 nitrogen and oxygen atoms in total. The maximum Gasteiger partial charge on any atom is 0.0637 e. The molecule has 0 atom stereocenters. The van der Waals surface area contributed by atoms with Crippen LogP contribution in [-0.2, 0) is 6.54 Å². The Labute approximate surface area is 101 Å². The van der Waals surface area contributed by atoms with Crippen LogP contribution in [0.15, 0.2) is 29.8 Å². The van der Waals surface area contributed by atoms with Crippen molar-refractivity contribution in [3.05, 3.63) is 45.5 Å². The Morgan fingerprint density at radius 2 is 2.07 bits per heavy atom. The molecule has 82 valence electrons. The SMILES string of the molecule is CC(C)=CCNCc1cccc(Cl)c1Cl. The first-order valence-corrected chi connectivity index (χ1v) is 5.64. The predicted octanol–water partition coefficient (Wildman–Crippen LogP) is 4.05. The van der Waals surface area contributed by atoms with Crippen molar-refractivity contribution >= 4 is 23.2 Å². The lowest BCUT2D eigenvalue weighted by Crippen LogP contribution is -2.13. The molecule has 0 aromatic heterocycles. The van der Waals surface area contributed by atoms with E-state index < -0.39 is 0 Å². The number of halogens is 2. The highest BCUT2D eigenvalue weighted by Crippen LogP contribution is 2.25. The quantitative estimate of drug-likeness (QED) is 0.622. The maximum absolute atomic E-state index is 6.05. The van der Waals surface area contributed by atoms with Crippen LogP contribution in [0.5, 0.6) is 0 Å². The van der Waals surface area contributed by atoms with E-state index in [2.05, 4.69) is 25.2 Å². The zero-order valence-corrected chi connectivity index (χ0v) is 10.5. The number of hydrogen-bond acceptors (Lipinski definition) is 1. The number of nitrogens with one attached hydrogen (secondary N) is 1. The number of allylic oxidation sites excluding steroid dienone is 1. The molecular weight excluding hydrogens is 229 g/mol. The van der Waals surface area contributed by atoms with E-state index in [9.17, 15) is 0 Å². The minimum Gasteiger partial charge on any atom is -0.309 e. The van der Waals surface area contributed by atoms with E-state index in [-0.39, 0.29) is 0 Å². The Kier molecular flexibility index (Phi) is 5.16. The molecule has 0 saturated heterocycles. The first-order valence-electron chi connectivity index (χ1n) is 4.88. The molecule has 0 unspecified atom stereocenters. The molecule has 0 aliphatic rings. The van der Waals surface area contributed by atoms with Crippen LogP contribution in [0.2, 0.25) is 10.0 Å². The van der Waals surface area contributed by atoms with Crippen LogP contribution >= 0.6 is 23.2 Å². The Morgan fingerprint density at radius 1 is 1.33 bits per heavy atom. The smallest absolute Gasteiger partial charge is 0.0637 e. The second kappa shape index (κ2) is 6.16. The van der Waals surface area contributed by atoms with Crippen LogP contribution in [0.3, 0.4) is 0 Å². The lowest BCUT2D eigenvalue weighted by Gasteiger charge is -2.06. The minimum atomic E-state index is 0.609. The second-order valence-electron chi connectivity index (χ2n) is 3.63. The summed E-state index contributed by atoms with van der Waals surface area (Å²) in [6.45, 7) is 5.75. The third-order valence-electron chi connectivity index (χ3n) is 2.00. The van der Waals surface area contributed by atoms with E-state index in [1.165, 1.54) is 5.57 Å². The van der Waals surface area contributed by atoms with E-state index >= 15 is 0 Å². The average molecular weight is 244 g/mol. The molecule has 1 N–H and O–H groups in total. The fraction of sp³-hybridized carbons (Fsp3) is 0.333. The zero-order valence-electron chi connectivity index (χ0n) is 8.98. The summed E-state index contributed by atoms with van der Waals surface area (Å²) >= 11 is 12.0. The molecule has 0 heterocycles. The van der Waals surface area contributed by atoms with Crippen molar-refractivity contribution in [2.75, 3.05) is 6.54 Å². The topological polar surface area (TPSA) is 12.0 Å². The molecular formula is C12H15Cl2N. The highest BCUT2D eigenvalue weighted by Gasteiger charge is 2.02. The maximum atomic E-state index is 6.05. The van der Waals surface area contributed by atoms with Crippen LogP contribution in [0.25, 0.3) is 0 Å². The molecule has 0 aliphatic carbocycles. The van der Waals surface area contributed by atoms with E-state index in [1.807, 2.05) is 12.1 Å². The van der Waals surface area contributed by atoms with Gasteiger partial charge in [0.2, 0.25) is 0 Å². The van der Waals surface area contributed by atoms with Gasteiger partial charge in [-0.05, 0) is 25.5 Å². The van der Waals surface area contributed by atoms with Crippen LogP contribution in [0.1, 0.15) is 19.4 Å². The number of hydrogen-bond donors (Lipinski definition) is 1. The summed E-state index contributed by atoms with van der Waals surface area (Å²) < 4.78 is 0. The van der Waals surface area contributed by atoms with Crippen molar-refractivity contribution in [3.63, 3.8) is 0 Å².